The maximum atomic E-state index is 11.7. The summed E-state index contributed by atoms with van der Waals surface area (Å²) in [6.07, 6.45) is 3.92. The number of hydrogen-bond acceptors (Lipinski definition) is 3. The minimum atomic E-state index is 0.123. The predicted octanol–water partition coefficient (Wildman–Crippen LogP) is 2.09. The molecule has 110 valence electrons. The van der Waals surface area contributed by atoms with E-state index in [2.05, 4.69) is 15.5 Å². The van der Waals surface area contributed by atoms with E-state index < -0.39 is 0 Å². The van der Waals surface area contributed by atoms with Gasteiger partial charge in [0.05, 0.1) is 0 Å². The fourth-order valence-electron chi connectivity index (χ4n) is 2.48. The molecular weight excluding hydrogens is 250 g/mol. The van der Waals surface area contributed by atoms with Crippen molar-refractivity contribution in [3.63, 3.8) is 0 Å². The summed E-state index contributed by atoms with van der Waals surface area (Å²) >= 11 is 0. The highest BCUT2D eigenvalue weighted by molar-refractivity contribution is 5.90. The van der Waals surface area contributed by atoms with Crippen LogP contribution >= 0.6 is 0 Å². The lowest BCUT2D eigenvalue weighted by Gasteiger charge is -2.26. The van der Waals surface area contributed by atoms with E-state index in [1.54, 1.807) is 0 Å². The van der Waals surface area contributed by atoms with E-state index in [-0.39, 0.29) is 5.91 Å². The van der Waals surface area contributed by atoms with Crippen molar-refractivity contribution < 1.29 is 4.79 Å². The van der Waals surface area contributed by atoms with Crippen LogP contribution in [-0.2, 0) is 4.79 Å². The second-order valence-corrected chi connectivity index (χ2v) is 5.32. The first-order chi connectivity index (χ1) is 9.84. The number of nitrogens with zero attached hydrogens (tertiary/aromatic N) is 1. The molecule has 1 aliphatic heterocycles. The van der Waals surface area contributed by atoms with Crippen LogP contribution in [0.25, 0.3) is 0 Å². The van der Waals surface area contributed by atoms with Crippen LogP contribution < -0.4 is 10.6 Å². The van der Waals surface area contributed by atoms with Gasteiger partial charge in [-0.05, 0) is 31.5 Å². The minimum absolute atomic E-state index is 0.123. The summed E-state index contributed by atoms with van der Waals surface area (Å²) in [6, 6.07) is 9.66. The molecule has 0 atom stereocenters. The number of nitrogens with one attached hydrogen (secondary N) is 2. The SMILES string of the molecule is O=C(CCCCCN1CCNCC1)Nc1ccccc1. The van der Waals surface area contributed by atoms with Crippen molar-refractivity contribution in [2.75, 3.05) is 38.0 Å². The Morgan fingerprint density at radius 3 is 2.60 bits per heavy atom. The van der Waals surface area contributed by atoms with Crippen LogP contribution in [0.5, 0.6) is 0 Å². The van der Waals surface area contributed by atoms with Gasteiger partial charge < -0.3 is 15.5 Å². The largest absolute Gasteiger partial charge is 0.326 e. The molecule has 1 aromatic rings. The molecule has 2 rings (SSSR count). The van der Waals surface area contributed by atoms with Gasteiger partial charge in [-0.15, -0.1) is 0 Å². The molecule has 0 radical (unpaired) electrons. The summed E-state index contributed by atoms with van der Waals surface area (Å²) in [6.45, 7) is 5.71. The Labute approximate surface area is 121 Å². The summed E-state index contributed by atoms with van der Waals surface area (Å²) in [5, 5.41) is 6.28. The smallest absolute Gasteiger partial charge is 0.224 e. The molecule has 0 aromatic heterocycles. The number of para-hydroxylation sites is 1. The molecule has 1 aromatic carbocycles. The van der Waals surface area contributed by atoms with Crippen molar-refractivity contribution in [2.24, 2.45) is 0 Å². The molecule has 0 unspecified atom stereocenters. The monoisotopic (exact) mass is 275 g/mol. The number of hydrogen-bond donors (Lipinski definition) is 2. The highest BCUT2D eigenvalue weighted by Crippen LogP contribution is 2.08. The van der Waals surface area contributed by atoms with Gasteiger partial charge in [0.1, 0.15) is 0 Å². The maximum absolute atomic E-state index is 11.7. The molecule has 1 saturated heterocycles. The first-order valence-electron chi connectivity index (χ1n) is 7.62. The standard InChI is InChI=1S/C16H25N3O/c20-16(18-15-7-3-1-4-8-15)9-5-2-6-12-19-13-10-17-11-14-19/h1,3-4,7-8,17H,2,5-6,9-14H2,(H,18,20). The number of carbonyl (C=O) groups excluding carboxylic acids is 1. The quantitative estimate of drug-likeness (QED) is 0.749. The van der Waals surface area contributed by atoms with Crippen LogP contribution in [0.15, 0.2) is 30.3 Å². The Hall–Kier alpha value is -1.39. The van der Waals surface area contributed by atoms with Gasteiger partial charge in [-0.25, -0.2) is 0 Å². The normalized spacial score (nSPS) is 16.0. The molecule has 0 aliphatic carbocycles. The third-order valence-electron chi connectivity index (χ3n) is 3.65. The average Bonchev–Trinajstić information content (AvgIpc) is 2.49. The van der Waals surface area contributed by atoms with E-state index in [1.807, 2.05) is 30.3 Å². The van der Waals surface area contributed by atoms with Gasteiger partial charge in [0.15, 0.2) is 0 Å². The third kappa shape index (κ3) is 5.72. The number of benzene rings is 1. The topological polar surface area (TPSA) is 44.4 Å². The summed E-state index contributed by atoms with van der Waals surface area (Å²) in [5.41, 5.74) is 0.887. The van der Waals surface area contributed by atoms with E-state index in [0.29, 0.717) is 6.42 Å². The van der Waals surface area contributed by atoms with Crippen LogP contribution in [0.1, 0.15) is 25.7 Å². The molecule has 0 spiro atoms. The van der Waals surface area contributed by atoms with E-state index in [4.69, 9.17) is 0 Å². The summed E-state index contributed by atoms with van der Waals surface area (Å²) in [7, 11) is 0. The third-order valence-corrected chi connectivity index (χ3v) is 3.65. The highest BCUT2D eigenvalue weighted by Gasteiger charge is 2.08. The van der Waals surface area contributed by atoms with Gasteiger partial charge in [-0.2, -0.15) is 0 Å². The van der Waals surface area contributed by atoms with Crippen LogP contribution in [-0.4, -0.2) is 43.5 Å². The molecular formula is C16H25N3O. The highest BCUT2D eigenvalue weighted by atomic mass is 16.1. The van der Waals surface area contributed by atoms with Gasteiger partial charge in [-0.3, -0.25) is 4.79 Å². The lowest BCUT2D eigenvalue weighted by atomic mass is 10.1. The summed E-state index contributed by atoms with van der Waals surface area (Å²) < 4.78 is 0. The van der Waals surface area contributed by atoms with Gasteiger partial charge in [0.2, 0.25) is 5.91 Å². The molecule has 1 fully saturated rings. The fraction of sp³-hybridized carbons (Fsp3) is 0.562. The molecule has 20 heavy (non-hydrogen) atoms. The van der Waals surface area contributed by atoms with Crippen LogP contribution in [0.3, 0.4) is 0 Å². The lowest BCUT2D eigenvalue weighted by molar-refractivity contribution is -0.116. The van der Waals surface area contributed by atoms with E-state index in [0.717, 1.165) is 44.7 Å². The van der Waals surface area contributed by atoms with Crippen molar-refractivity contribution in [3.05, 3.63) is 30.3 Å². The Kier molecular flexibility index (Phi) is 6.54. The van der Waals surface area contributed by atoms with Gasteiger partial charge in [0.25, 0.3) is 0 Å². The number of rotatable bonds is 7. The zero-order valence-electron chi connectivity index (χ0n) is 12.1. The predicted molar refractivity (Wildman–Crippen MR) is 82.8 cm³/mol. The zero-order valence-corrected chi connectivity index (χ0v) is 12.1. The number of carbonyl (C=O) groups is 1. The van der Waals surface area contributed by atoms with Crippen molar-refractivity contribution >= 4 is 11.6 Å². The average molecular weight is 275 g/mol. The maximum Gasteiger partial charge on any atom is 0.224 e. The summed E-state index contributed by atoms with van der Waals surface area (Å²) in [5.74, 6) is 0.123. The van der Waals surface area contributed by atoms with Crippen molar-refractivity contribution in [3.8, 4) is 0 Å². The molecule has 2 N–H and O–H groups in total. The lowest BCUT2D eigenvalue weighted by Crippen LogP contribution is -2.43. The minimum Gasteiger partial charge on any atom is -0.326 e. The van der Waals surface area contributed by atoms with Crippen LogP contribution in [0.4, 0.5) is 5.69 Å². The van der Waals surface area contributed by atoms with Gasteiger partial charge in [0, 0.05) is 38.3 Å². The van der Waals surface area contributed by atoms with Crippen molar-refractivity contribution in [1.82, 2.24) is 10.2 Å². The van der Waals surface area contributed by atoms with Gasteiger partial charge in [-0.1, -0.05) is 24.6 Å². The van der Waals surface area contributed by atoms with Crippen molar-refractivity contribution in [2.45, 2.75) is 25.7 Å². The first-order valence-corrected chi connectivity index (χ1v) is 7.62. The van der Waals surface area contributed by atoms with Gasteiger partial charge >= 0.3 is 0 Å². The Morgan fingerprint density at radius 1 is 1.10 bits per heavy atom. The Bertz CT molecular complexity index is 388. The zero-order chi connectivity index (χ0) is 14.0. The molecule has 1 aliphatic rings. The fourth-order valence-corrected chi connectivity index (χ4v) is 2.48. The number of piperazine rings is 1. The van der Waals surface area contributed by atoms with Crippen LogP contribution in [0, 0.1) is 0 Å². The Morgan fingerprint density at radius 2 is 1.85 bits per heavy atom. The molecule has 0 bridgehead atoms. The van der Waals surface area contributed by atoms with E-state index in [1.165, 1.54) is 13.0 Å². The number of anilines is 1. The first kappa shape index (κ1) is 15.0. The summed E-state index contributed by atoms with van der Waals surface area (Å²) in [4.78, 5) is 14.2. The number of amides is 1. The molecule has 0 saturated carbocycles. The van der Waals surface area contributed by atoms with Crippen LogP contribution in [0.2, 0.25) is 0 Å². The molecule has 1 heterocycles. The second-order valence-electron chi connectivity index (χ2n) is 5.32. The van der Waals surface area contributed by atoms with E-state index in [9.17, 15) is 4.79 Å². The Balaban J connectivity index is 1.51. The molecule has 4 nitrogen and oxygen atoms in total. The second kappa shape index (κ2) is 8.72. The molecule has 1 amide bonds. The van der Waals surface area contributed by atoms with Crippen molar-refractivity contribution in [1.29, 1.82) is 0 Å². The number of unbranched alkanes of at least 4 members (excludes halogenated alkanes) is 2. The van der Waals surface area contributed by atoms with E-state index >= 15 is 0 Å². The molecule has 4 heteroatoms.